The van der Waals surface area contributed by atoms with Crippen molar-refractivity contribution in [1.82, 2.24) is 0 Å². The fraction of sp³-hybridized carbons (Fsp3) is 0.889. The zero-order valence-electron chi connectivity index (χ0n) is 7.05. The van der Waals surface area contributed by atoms with Crippen LogP contribution in [0.4, 0.5) is 0 Å². The maximum Gasteiger partial charge on any atom is 0.132 e. The minimum Gasteiger partial charge on any atom is -0.300 e. The second-order valence-corrected chi connectivity index (χ2v) is 3.78. The van der Waals surface area contributed by atoms with E-state index in [-0.39, 0.29) is 0 Å². The molecule has 0 spiro atoms. The molecule has 1 aliphatic rings. The third-order valence-corrected chi connectivity index (χ3v) is 2.69. The van der Waals surface area contributed by atoms with E-state index < -0.39 is 0 Å². The molecule has 1 saturated carbocycles. The van der Waals surface area contributed by atoms with Crippen molar-refractivity contribution in [3.05, 3.63) is 0 Å². The molecule has 0 aromatic carbocycles. The molecule has 0 unspecified atom stereocenters. The SMILES string of the molecule is CC(=O)[C@H]1C[C@@H](C(C)C)C1. The van der Waals surface area contributed by atoms with Crippen molar-refractivity contribution in [1.29, 1.82) is 0 Å². The second kappa shape index (κ2) is 2.73. The molecule has 1 aliphatic carbocycles. The lowest BCUT2D eigenvalue weighted by Crippen LogP contribution is -2.31. The zero-order valence-corrected chi connectivity index (χ0v) is 7.05. The van der Waals surface area contributed by atoms with Gasteiger partial charge in [-0.05, 0) is 31.6 Å². The summed E-state index contributed by atoms with van der Waals surface area (Å²) in [5, 5.41) is 0. The van der Waals surface area contributed by atoms with E-state index in [0.29, 0.717) is 11.7 Å². The summed E-state index contributed by atoms with van der Waals surface area (Å²) in [6.45, 7) is 6.18. The van der Waals surface area contributed by atoms with E-state index in [1.54, 1.807) is 6.92 Å². The highest BCUT2D eigenvalue weighted by Gasteiger charge is 2.33. The van der Waals surface area contributed by atoms with Crippen LogP contribution in [-0.2, 0) is 4.79 Å². The molecule has 0 saturated heterocycles. The van der Waals surface area contributed by atoms with Gasteiger partial charge in [-0.1, -0.05) is 13.8 Å². The Morgan fingerprint density at radius 1 is 1.40 bits per heavy atom. The fourth-order valence-electron chi connectivity index (χ4n) is 1.54. The molecule has 0 N–H and O–H groups in total. The molecule has 0 aromatic rings. The molecule has 0 amide bonds. The lowest BCUT2D eigenvalue weighted by Gasteiger charge is -2.36. The molecular weight excluding hydrogens is 124 g/mol. The maximum absolute atomic E-state index is 10.8. The first kappa shape index (κ1) is 7.77. The van der Waals surface area contributed by atoms with Crippen molar-refractivity contribution in [2.75, 3.05) is 0 Å². The standard InChI is InChI=1S/C9H16O/c1-6(2)8-4-9(5-8)7(3)10/h6,8-9H,4-5H2,1-3H3/t8-,9+. The van der Waals surface area contributed by atoms with Gasteiger partial charge in [0.05, 0.1) is 0 Å². The van der Waals surface area contributed by atoms with Crippen LogP contribution in [0.5, 0.6) is 0 Å². The molecule has 0 heterocycles. The number of rotatable bonds is 2. The molecule has 1 fully saturated rings. The van der Waals surface area contributed by atoms with Crippen molar-refractivity contribution < 1.29 is 4.79 Å². The largest absolute Gasteiger partial charge is 0.300 e. The van der Waals surface area contributed by atoms with Crippen molar-refractivity contribution >= 4 is 5.78 Å². The van der Waals surface area contributed by atoms with Crippen LogP contribution >= 0.6 is 0 Å². The van der Waals surface area contributed by atoms with Crippen LogP contribution < -0.4 is 0 Å². The molecule has 0 bridgehead atoms. The highest BCUT2D eigenvalue weighted by atomic mass is 16.1. The summed E-state index contributed by atoms with van der Waals surface area (Å²) >= 11 is 0. The Bertz CT molecular complexity index is 132. The quantitative estimate of drug-likeness (QED) is 0.575. The summed E-state index contributed by atoms with van der Waals surface area (Å²) in [4.78, 5) is 10.8. The van der Waals surface area contributed by atoms with Gasteiger partial charge in [-0.15, -0.1) is 0 Å². The maximum atomic E-state index is 10.8. The Balaban J connectivity index is 2.24. The molecule has 0 atom stereocenters. The molecule has 0 aromatic heterocycles. The number of hydrogen-bond donors (Lipinski definition) is 0. The molecule has 1 heteroatoms. The van der Waals surface area contributed by atoms with E-state index in [0.717, 1.165) is 24.7 Å². The summed E-state index contributed by atoms with van der Waals surface area (Å²) in [6, 6.07) is 0. The van der Waals surface area contributed by atoms with Gasteiger partial charge in [-0.2, -0.15) is 0 Å². The highest BCUT2D eigenvalue weighted by molar-refractivity contribution is 5.79. The minimum absolute atomic E-state index is 0.386. The molecule has 58 valence electrons. The van der Waals surface area contributed by atoms with E-state index in [2.05, 4.69) is 13.8 Å². The normalized spacial score (nSPS) is 32.0. The van der Waals surface area contributed by atoms with Gasteiger partial charge in [0.2, 0.25) is 0 Å². The van der Waals surface area contributed by atoms with Gasteiger partial charge in [0.15, 0.2) is 0 Å². The van der Waals surface area contributed by atoms with Gasteiger partial charge < -0.3 is 0 Å². The van der Waals surface area contributed by atoms with Crippen molar-refractivity contribution in [3.63, 3.8) is 0 Å². The third-order valence-electron chi connectivity index (χ3n) is 2.69. The van der Waals surface area contributed by atoms with Gasteiger partial charge in [-0.3, -0.25) is 4.79 Å². The molecular formula is C9H16O. The highest BCUT2D eigenvalue weighted by Crippen LogP contribution is 2.38. The summed E-state index contributed by atoms with van der Waals surface area (Å²) in [6.07, 6.45) is 2.29. The molecule has 1 rings (SSSR count). The van der Waals surface area contributed by atoms with E-state index in [9.17, 15) is 4.79 Å². The lowest BCUT2D eigenvalue weighted by atomic mass is 9.68. The Labute approximate surface area is 62.8 Å². The van der Waals surface area contributed by atoms with Crippen LogP contribution in [0, 0.1) is 17.8 Å². The Morgan fingerprint density at radius 3 is 2.20 bits per heavy atom. The Kier molecular flexibility index (Phi) is 2.12. The van der Waals surface area contributed by atoms with Crippen molar-refractivity contribution in [3.8, 4) is 0 Å². The molecule has 1 nitrogen and oxygen atoms in total. The summed E-state index contributed by atoms with van der Waals surface area (Å²) in [5.41, 5.74) is 0. The molecule has 10 heavy (non-hydrogen) atoms. The predicted molar refractivity (Wildman–Crippen MR) is 41.7 cm³/mol. The Hall–Kier alpha value is -0.330. The van der Waals surface area contributed by atoms with E-state index in [1.807, 2.05) is 0 Å². The summed E-state index contributed by atoms with van der Waals surface area (Å²) in [7, 11) is 0. The average Bonchev–Trinajstić information content (AvgIpc) is 1.56. The topological polar surface area (TPSA) is 17.1 Å². The van der Waals surface area contributed by atoms with E-state index in [1.165, 1.54) is 0 Å². The van der Waals surface area contributed by atoms with Gasteiger partial charge >= 0.3 is 0 Å². The van der Waals surface area contributed by atoms with Crippen LogP contribution in [0.25, 0.3) is 0 Å². The summed E-state index contributed by atoms with van der Waals surface area (Å²) < 4.78 is 0. The first-order valence-corrected chi connectivity index (χ1v) is 4.11. The third kappa shape index (κ3) is 1.39. The molecule has 0 aliphatic heterocycles. The fourth-order valence-corrected chi connectivity index (χ4v) is 1.54. The van der Waals surface area contributed by atoms with Crippen LogP contribution in [0.2, 0.25) is 0 Å². The van der Waals surface area contributed by atoms with Crippen LogP contribution in [0.1, 0.15) is 33.6 Å². The minimum atomic E-state index is 0.386. The van der Waals surface area contributed by atoms with E-state index >= 15 is 0 Å². The van der Waals surface area contributed by atoms with Gasteiger partial charge in [0.25, 0.3) is 0 Å². The van der Waals surface area contributed by atoms with Gasteiger partial charge in [0.1, 0.15) is 5.78 Å². The number of hydrogen-bond acceptors (Lipinski definition) is 1. The monoisotopic (exact) mass is 140 g/mol. The van der Waals surface area contributed by atoms with Crippen molar-refractivity contribution in [2.24, 2.45) is 17.8 Å². The summed E-state index contributed by atoms with van der Waals surface area (Å²) in [5.74, 6) is 2.40. The van der Waals surface area contributed by atoms with Gasteiger partial charge in [0, 0.05) is 5.92 Å². The molecule has 0 radical (unpaired) electrons. The van der Waals surface area contributed by atoms with Crippen LogP contribution in [0.15, 0.2) is 0 Å². The van der Waals surface area contributed by atoms with Gasteiger partial charge in [-0.25, -0.2) is 0 Å². The Morgan fingerprint density at radius 2 is 1.90 bits per heavy atom. The van der Waals surface area contributed by atoms with Crippen LogP contribution in [-0.4, -0.2) is 5.78 Å². The number of carbonyl (C=O) groups excluding carboxylic acids is 1. The lowest BCUT2D eigenvalue weighted by molar-refractivity contribution is -0.125. The van der Waals surface area contributed by atoms with Crippen LogP contribution in [0.3, 0.4) is 0 Å². The first-order valence-electron chi connectivity index (χ1n) is 4.11. The predicted octanol–water partition coefficient (Wildman–Crippen LogP) is 2.26. The first-order chi connectivity index (χ1) is 4.61. The average molecular weight is 140 g/mol. The van der Waals surface area contributed by atoms with E-state index in [4.69, 9.17) is 0 Å². The second-order valence-electron chi connectivity index (χ2n) is 3.78. The smallest absolute Gasteiger partial charge is 0.132 e. The number of ketones is 1. The number of carbonyl (C=O) groups is 1. The van der Waals surface area contributed by atoms with Crippen molar-refractivity contribution in [2.45, 2.75) is 33.6 Å². The zero-order chi connectivity index (χ0) is 7.72. The number of Topliss-reactive ketones (excluding diaryl/α,β-unsaturated/α-hetero) is 1.